The molecule has 3 aromatic carbocycles. The maximum Gasteiger partial charge on any atom is 0.211 e. The maximum atomic E-state index is 12.2. The van der Waals surface area contributed by atoms with Crippen molar-refractivity contribution in [1.82, 2.24) is 20.2 Å². The molecule has 2 fully saturated rings. The van der Waals surface area contributed by atoms with E-state index >= 15 is 0 Å². The third kappa shape index (κ3) is 16.9. The molecule has 4 heterocycles. The van der Waals surface area contributed by atoms with E-state index in [1.54, 1.807) is 12.4 Å². The van der Waals surface area contributed by atoms with Gasteiger partial charge in [0, 0.05) is 112 Å². The number of anilines is 2. The van der Waals surface area contributed by atoms with E-state index in [2.05, 4.69) is 81.7 Å². The summed E-state index contributed by atoms with van der Waals surface area (Å²) in [6.45, 7) is 14.8. The lowest BCUT2D eigenvalue weighted by Gasteiger charge is -2.35. The van der Waals surface area contributed by atoms with Gasteiger partial charge >= 0.3 is 0 Å². The van der Waals surface area contributed by atoms with Crippen molar-refractivity contribution in [2.75, 3.05) is 62.2 Å². The number of carbonyl (C=O) groups is 3. The lowest BCUT2D eigenvalue weighted by Crippen LogP contribution is -2.46. The fraction of sp³-hybridized carbons (Fsp3) is 0.339. The summed E-state index contributed by atoms with van der Waals surface area (Å²) < 4.78 is 9.09. The van der Waals surface area contributed by atoms with E-state index in [9.17, 15) is 14.4 Å². The zero-order chi connectivity index (χ0) is 54.6. The summed E-state index contributed by atoms with van der Waals surface area (Å²) in [7, 11) is 7.36. The molecule has 3 aliphatic carbocycles. The van der Waals surface area contributed by atoms with Crippen molar-refractivity contribution in [2.24, 2.45) is 0 Å². The predicted octanol–water partition coefficient (Wildman–Crippen LogP) is 8.79. The Kier molecular flexibility index (Phi) is 22.8. The van der Waals surface area contributed by atoms with Crippen LogP contribution in [0.5, 0.6) is 0 Å². The Morgan fingerprint density at radius 2 is 0.934 bits per heavy atom. The van der Waals surface area contributed by atoms with Gasteiger partial charge in [-0.1, -0.05) is 75.4 Å². The number of benzene rings is 3. The highest BCUT2D eigenvalue weighted by atomic mass is 36.0. The monoisotopic (exact) mass is 1080 g/mol. The minimum atomic E-state index is -1.67. The van der Waals surface area contributed by atoms with Gasteiger partial charge in [-0.25, -0.2) is 14.2 Å². The first-order valence-corrected chi connectivity index (χ1v) is 28.3. The minimum Gasteiger partial charge on any atom is -0.392 e. The largest absolute Gasteiger partial charge is 0.392 e. The maximum absolute atomic E-state index is 12.2. The highest BCUT2D eigenvalue weighted by Gasteiger charge is 2.22. The van der Waals surface area contributed by atoms with E-state index in [4.69, 9.17) is 24.9 Å². The number of fused-ring (bicyclic) bond motifs is 3. The fourth-order valence-electron chi connectivity index (χ4n) is 9.28. The van der Waals surface area contributed by atoms with Crippen LogP contribution in [0.25, 0.3) is 18.2 Å². The third-order valence-electron chi connectivity index (χ3n) is 13.5. The highest BCUT2D eigenvalue weighted by Crippen LogP contribution is 2.28. The molecule has 5 aliphatic rings. The quantitative estimate of drug-likeness (QED) is 0.118. The zero-order valence-electron chi connectivity index (χ0n) is 43.2. The normalized spacial score (nSPS) is 15.6. The van der Waals surface area contributed by atoms with Crippen molar-refractivity contribution in [3.05, 3.63) is 169 Å². The van der Waals surface area contributed by atoms with Crippen LogP contribution in [0.4, 0.5) is 11.6 Å². The van der Waals surface area contributed by atoms with Gasteiger partial charge in [0.25, 0.3) is 0 Å². The number of carbonyl (C=O) groups excluding carboxylic acids is 3. The lowest BCUT2D eigenvalue weighted by molar-refractivity contribution is -0.115. The molecule has 0 bridgehead atoms. The molecule has 10 rings (SSSR count). The molecule has 0 unspecified atom stereocenters. The van der Waals surface area contributed by atoms with Crippen LogP contribution in [-0.4, -0.2) is 99.0 Å². The van der Waals surface area contributed by atoms with Gasteiger partial charge in [-0.3, -0.25) is 19.3 Å². The summed E-state index contributed by atoms with van der Waals surface area (Å²) in [5, 5.41) is 38.8. The first-order chi connectivity index (χ1) is 36.8. The second-order valence-corrected chi connectivity index (χ2v) is 21.0. The van der Waals surface area contributed by atoms with Gasteiger partial charge in [0.2, 0.25) is 9.23 Å². The molecule has 17 heteroatoms. The predicted molar refractivity (Wildman–Crippen MR) is 302 cm³/mol. The van der Waals surface area contributed by atoms with Crippen LogP contribution in [-0.2, 0) is 62.6 Å². The first kappa shape index (κ1) is 58.6. The Morgan fingerprint density at radius 3 is 1.28 bits per heavy atom. The number of aromatic nitrogens is 2. The molecule has 0 spiro atoms. The number of hydrogen-bond donors (Lipinski definition) is 3. The molecule has 3 N–H and O–H groups in total. The molecule has 2 aromatic heterocycles. The van der Waals surface area contributed by atoms with Crippen molar-refractivity contribution in [1.29, 1.82) is 10.5 Å². The van der Waals surface area contributed by atoms with Crippen LogP contribution in [0.15, 0.2) is 108 Å². The first-order valence-electron chi connectivity index (χ1n) is 25.5. The van der Waals surface area contributed by atoms with Gasteiger partial charge in [0.1, 0.15) is 23.8 Å². The summed E-state index contributed by atoms with van der Waals surface area (Å²) in [5.74, 6) is 2.57. The number of rotatable bonds is 9. The van der Waals surface area contributed by atoms with Crippen molar-refractivity contribution in [3.8, 4) is 12.1 Å². The summed E-state index contributed by atoms with van der Waals surface area (Å²) in [6, 6.07) is 29.8. The van der Waals surface area contributed by atoms with Crippen molar-refractivity contribution < 1.29 is 28.8 Å². The van der Waals surface area contributed by atoms with E-state index in [0.717, 1.165) is 145 Å². The van der Waals surface area contributed by atoms with E-state index in [1.807, 2.05) is 99.7 Å². The third-order valence-corrected chi connectivity index (χ3v) is 13.5. The van der Waals surface area contributed by atoms with E-state index in [0.29, 0.717) is 30.4 Å². The molecule has 0 atom stereocenters. The molecule has 2 saturated heterocycles. The molecule has 396 valence electrons. The number of hydrogen-bond acceptors (Lipinski definition) is 14. The van der Waals surface area contributed by atoms with Crippen molar-refractivity contribution in [2.45, 2.75) is 79.1 Å². The van der Waals surface area contributed by atoms with Gasteiger partial charge in [0.15, 0.2) is 17.3 Å². The van der Waals surface area contributed by atoms with E-state index in [1.165, 1.54) is 11.1 Å². The van der Waals surface area contributed by atoms with Crippen LogP contribution in [0, 0.1) is 22.7 Å². The molecular formula is C59H64Cl2N8O6S. The Labute approximate surface area is 457 Å². The molecule has 14 nitrogen and oxygen atoms in total. The van der Waals surface area contributed by atoms with Crippen LogP contribution in [0.3, 0.4) is 0 Å². The number of aliphatic hydroxyl groups is 2. The molecule has 2 aliphatic heterocycles. The average Bonchev–Trinajstić information content (AvgIpc) is 3.45. The van der Waals surface area contributed by atoms with Gasteiger partial charge in [-0.2, -0.15) is 10.5 Å². The Balaban J connectivity index is 0.000000168. The van der Waals surface area contributed by atoms with Gasteiger partial charge < -0.3 is 25.3 Å². The Bertz CT molecular complexity index is 2960. The number of piperazine rings is 2. The average molecular weight is 1080 g/mol. The second kappa shape index (κ2) is 29.6. The summed E-state index contributed by atoms with van der Waals surface area (Å²) in [6.07, 6.45) is 13.1. The van der Waals surface area contributed by atoms with Crippen LogP contribution < -0.4 is 15.1 Å². The standard InChI is InChI=1S/C23H24N4O.2C13H14O2.C10H12N4.Cl2OS/c1-2-19-12-20-5-3-17(11-21(20)13-22(19)28)16-26-7-9-27(10-8-26)23-6-4-18(14-24)15-25-23;2*1-2-10-6-11-4-3-9(8-14)5-12(11)7-13(10)15;11-7-9-1-2-10(13-8-9)14-5-3-12-4-6-14;1-4(2)3/h3-6,11-12,15H,2,7-10,13,16H2,1H3;2*3-6,14H,2,7-8H2,1H3;1-2,8,12H,3-6H2;. The lowest BCUT2D eigenvalue weighted by atomic mass is 9.89. The molecule has 5 aromatic rings. The van der Waals surface area contributed by atoms with Gasteiger partial charge in [-0.05, 0) is 129 Å². The number of halogens is 2. The van der Waals surface area contributed by atoms with E-state index < -0.39 is 9.23 Å². The highest BCUT2D eigenvalue weighted by molar-refractivity contribution is 8.26. The smallest absolute Gasteiger partial charge is 0.211 e. The van der Waals surface area contributed by atoms with Crippen molar-refractivity contribution in [3.63, 3.8) is 0 Å². The molecule has 0 saturated carbocycles. The SMILES string of the molecule is CCC1=Cc2ccc(CN3CCN(c4ccc(C#N)cn4)CC3)cc2CC1=O.CCC1=Cc2ccc(CO)cc2CC1=O.CCC1=Cc2ccc(CO)cc2CC1=O.N#Cc1ccc(N2CCNCC2)nc1.O=S(Cl)Cl. The summed E-state index contributed by atoms with van der Waals surface area (Å²) >= 11 is 0. The number of aliphatic hydroxyl groups excluding tert-OH is 2. The number of nitrogens with one attached hydrogen (secondary N) is 1. The van der Waals surface area contributed by atoms with Crippen LogP contribution in [0.2, 0.25) is 0 Å². The second-order valence-electron chi connectivity index (χ2n) is 18.5. The summed E-state index contributed by atoms with van der Waals surface area (Å²) in [5.41, 5.74) is 13.6. The molecular weight excluding hydrogens is 1020 g/mol. The topological polar surface area (TPSA) is 204 Å². The molecule has 0 amide bonds. The Morgan fingerprint density at radius 1 is 0.566 bits per heavy atom. The zero-order valence-corrected chi connectivity index (χ0v) is 45.6. The van der Waals surface area contributed by atoms with Crippen LogP contribution >= 0.6 is 21.4 Å². The molecule has 0 radical (unpaired) electrons. The van der Waals surface area contributed by atoms with Crippen LogP contribution in [0.1, 0.15) is 101 Å². The number of allylic oxidation sites excluding steroid dienone is 3. The summed E-state index contributed by atoms with van der Waals surface area (Å²) in [4.78, 5) is 51.1. The van der Waals surface area contributed by atoms with Gasteiger partial charge in [0.05, 0.1) is 24.3 Å². The van der Waals surface area contributed by atoms with Gasteiger partial charge in [-0.15, -0.1) is 0 Å². The number of nitrogens with zero attached hydrogens (tertiary/aromatic N) is 7. The number of ketones is 3. The van der Waals surface area contributed by atoms with E-state index in [-0.39, 0.29) is 30.6 Å². The number of Topliss-reactive ketones (excluding diaryl/α,β-unsaturated/α-hetero) is 3. The van der Waals surface area contributed by atoms with Crippen molar-refractivity contribution >= 4 is 77.8 Å². The number of pyridine rings is 2. The fourth-order valence-corrected chi connectivity index (χ4v) is 9.28. The minimum absolute atomic E-state index is 0.0336. The molecule has 76 heavy (non-hydrogen) atoms. The number of nitriles is 2. The Hall–Kier alpha value is -6.66.